The summed E-state index contributed by atoms with van der Waals surface area (Å²) in [4.78, 5) is 4.27. The van der Waals surface area contributed by atoms with Crippen molar-refractivity contribution in [2.75, 3.05) is 16.9 Å². The standard InChI is InChI=1S/C21H23F3N4O3S2/c1-12(2)31-18-9-8-14(33(4,29)30)10-17(18)27-20(32)26-16-7-5-6-15-19(16)28(13(3)25-15)11-21(22,23)24/h5-10,12H,11H2,1-4H3,(H2,26,27,32). The number of halogens is 3. The summed E-state index contributed by atoms with van der Waals surface area (Å²) in [5, 5.41) is 5.83. The molecule has 3 aromatic rings. The molecule has 0 aliphatic rings. The summed E-state index contributed by atoms with van der Waals surface area (Å²) >= 11 is 5.37. The molecule has 0 aliphatic carbocycles. The largest absolute Gasteiger partial charge is 0.489 e. The van der Waals surface area contributed by atoms with Crippen LogP contribution in [0.25, 0.3) is 11.0 Å². The summed E-state index contributed by atoms with van der Waals surface area (Å²) in [6.07, 6.45) is -3.54. The fourth-order valence-corrected chi connectivity index (χ4v) is 4.11. The number of nitrogens with zero attached hydrogens (tertiary/aromatic N) is 2. The maximum absolute atomic E-state index is 13.1. The van der Waals surface area contributed by atoms with E-state index in [1.165, 1.54) is 25.1 Å². The Morgan fingerprint density at radius 1 is 1.18 bits per heavy atom. The van der Waals surface area contributed by atoms with Crippen LogP contribution in [0.15, 0.2) is 41.3 Å². The third kappa shape index (κ3) is 6.14. The van der Waals surface area contributed by atoms with Gasteiger partial charge in [-0.1, -0.05) is 6.07 Å². The van der Waals surface area contributed by atoms with Gasteiger partial charge < -0.3 is 19.9 Å². The second kappa shape index (κ2) is 9.18. The predicted molar refractivity (Wildman–Crippen MR) is 126 cm³/mol. The normalized spacial score (nSPS) is 12.2. The molecule has 2 aromatic carbocycles. The summed E-state index contributed by atoms with van der Waals surface area (Å²) in [5.74, 6) is 0.585. The van der Waals surface area contributed by atoms with Crippen LogP contribution in [0, 0.1) is 6.92 Å². The molecule has 178 valence electrons. The third-order valence-electron chi connectivity index (χ3n) is 4.53. The van der Waals surface area contributed by atoms with Gasteiger partial charge in [0.15, 0.2) is 14.9 Å². The van der Waals surface area contributed by atoms with Crippen molar-refractivity contribution in [2.45, 2.75) is 44.5 Å². The van der Waals surface area contributed by atoms with Crippen molar-refractivity contribution in [2.24, 2.45) is 0 Å². The van der Waals surface area contributed by atoms with Gasteiger partial charge in [-0.2, -0.15) is 13.2 Å². The number of aryl methyl sites for hydroxylation is 1. The molecule has 0 amide bonds. The number of hydrogen-bond acceptors (Lipinski definition) is 5. The van der Waals surface area contributed by atoms with Crippen LogP contribution in [-0.4, -0.2) is 41.6 Å². The highest BCUT2D eigenvalue weighted by Crippen LogP contribution is 2.31. The monoisotopic (exact) mass is 500 g/mol. The Bertz CT molecular complexity index is 1300. The number of aromatic nitrogens is 2. The number of thiocarbonyl (C=S) groups is 1. The number of benzene rings is 2. The minimum absolute atomic E-state index is 0.0409. The van der Waals surface area contributed by atoms with E-state index in [0.29, 0.717) is 22.6 Å². The lowest BCUT2D eigenvalue weighted by Gasteiger charge is -2.18. The summed E-state index contributed by atoms with van der Waals surface area (Å²) in [6, 6.07) is 9.18. The average Bonchev–Trinajstić information content (AvgIpc) is 2.96. The highest BCUT2D eigenvalue weighted by Gasteiger charge is 2.30. The summed E-state index contributed by atoms with van der Waals surface area (Å²) in [7, 11) is -3.49. The maximum Gasteiger partial charge on any atom is 0.406 e. The van der Waals surface area contributed by atoms with Crippen LogP contribution in [0.1, 0.15) is 19.7 Å². The first-order chi connectivity index (χ1) is 15.2. The van der Waals surface area contributed by atoms with Crippen molar-refractivity contribution < 1.29 is 26.3 Å². The first kappa shape index (κ1) is 24.8. The number of nitrogens with one attached hydrogen (secondary N) is 2. The van der Waals surface area contributed by atoms with E-state index in [4.69, 9.17) is 17.0 Å². The zero-order valence-electron chi connectivity index (χ0n) is 18.3. The van der Waals surface area contributed by atoms with Crippen molar-refractivity contribution in [1.82, 2.24) is 9.55 Å². The van der Waals surface area contributed by atoms with Gasteiger partial charge in [0.2, 0.25) is 0 Å². The summed E-state index contributed by atoms with van der Waals surface area (Å²) in [6.45, 7) is 3.93. The van der Waals surface area contributed by atoms with Crippen LogP contribution in [0.5, 0.6) is 5.75 Å². The number of rotatable bonds is 6. The van der Waals surface area contributed by atoms with Crippen LogP contribution in [0.4, 0.5) is 24.5 Å². The van der Waals surface area contributed by atoms with E-state index in [2.05, 4.69) is 15.6 Å². The Balaban J connectivity index is 1.96. The van der Waals surface area contributed by atoms with Gasteiger partial charge in [0.05, 0.1) is 33.4 Å². The van der Waals surface area contributed by atoms with Gasteiger partial charge in [0.25, 0.3) is 0 Å². The fraction of sp³-hybridized carbons (Fsp3) is 0.333. The number of alkyl halides is 3. The van der Waals surface area contributed by atoms with Crippen LogP contribution in [0.2, 0.25) is 0 Å². The molecule has 0 saturated carbocycles. The Morgan fingerprint density at radius 2 is 1.85 bits per heavy atom. The van der Waals surface area contributed by atoms with E-state index in [-0.39, 0.29) is 27.5 Å². The number of anilines is 2. The smallest absolute Gasteiger partial charge is 0.406 e. The lowest BCUT2D eigenvalue weighted by molar-refractivity contribution is -0.140. The predicted octanol–water partition coefficient (Wildman–Crippen LogP) is 4.91. The van der Waals surface area contributed by atoms with Gasteiger partial charge in [-0.25, -0.2) is 13.4 Å². The van der Waals surface area contributed by atoms with Crippen LogP contribution in [-0.2, 0) is 16.4 Å². The molecule has 0 atom stereocenters. The number of ether oxygens (including phenoxy) is 1. The molecule has 1 heterocycles. The third-order valence-corrected chi connectivity index (χ3v) is 5.85. The van der Waals surface area contributed by atoms with Crippen molar-refractivity contribution in [3.05, 3.63) is 42.2 Å². The molecule has 0 saturated heterocycles. The highest BCUT2D eigenvalue weighted by molar-refractivity contribution is 7.90. The molecule has 3 rings (SSSR count). The molecule has 7 nitrogen and oxygen atoms in total. The molecule has 0 aliphatic heterocycles. The van der Waals surface area contributed by atoms with E-state index in [9.17, 15) is 21.6 Å². The maximum atomic E-state index is 13.1. The van der Waals surface area contributed by atoms with Gasteiger partial charge in [-0.3, -0.25) is 0 Å². The van der Waals surface area contributed by atoms with Crippen molar-refractivity contribution in [3.63, 3.8) is 0 Å². The van der Waals surface area contributed by atoms with Crippen LogP contribution >= 0.6 is 12.2 Å². The van der Waals surface area contributed by atoms with Gasteiger partial charge in [0.1, 0.15) is 18.1 Å². The summed E-state index contributed by atoms with van der Waals surface area (Å²) < 4.78 is 70.1. The molecule has 2 N–H and O–H groups in total. The second-order valence-electron chi connectivity index (χ2n) is 7.71. The zero-order chi connectivity index (χ0) is 24.6. The van der Waals surface area contributed by atoms with Crippen molar-refractivity contribution in [3.8, 4) is 5.75 Å². The van der Waals surface area contributed by atoms with E-state index in [0.717, 1.165) is 10.8 Å². The molecule has 0 spiro atoms. The Morgan fingerprint density at radius 3 is 2.45 bits per heavy atom. The quantitative estimate of drug-likeness (QED) is 0.466. The molecule has 0 fully saturated rings. The minimum Gasteiger partial charge on any atom is -0.489 e. The number of hydrogen-bond donors (Lipinski definition) is 2. The molecular weight excluding hydrogens is 477 g/mol. The molecular formula is C21H23F3N4O3S2. The Kier molecular flexibility index (Phi) is 6.89. The van der Waals surface area contributed by atoms with Crippen LogP contribution in [0.3, 0.4) is 0 Å². The van der Waals surface area contributed by atoms with Crippen LogP contribution < -0.4 is 15.4 Å². The average molecular weight is 501 g/mol. The van der Waals surface area contributed by atoms with Gasteiger partial charge >= 0.3 is 6.18 Å². The Hall–Kier alpha value is -2.86. The SMILES string of the molecule is Cc1nc2cccc(NC(=S)Nc3cc(S(C)(=O)=O)ccc3OC(C)C)c2n1CC(F)(F)F. The van der Waals surface area contributed by atoms with Gasteiger partial charge in [0, 0.05) is 6.26 Å². The van der Waals surface area contributed by atoms with Gasteiger partial charge in [-0.05, 0) is 63.3 Å². The van der Waals surface area contributed by atoms with Gasteiger partial charge in [-0.15, -0.1) is 0 Å². The molecule has 0 bridgehead atoms. The molecule has 0 unspecified atom stereocenters. The highest BCUT2D eigenvalue weighted by atomic mass is 32.2. The lowest BCUT2D eigenvalue weighted by Crippen LogP contribution is -2.22. The molecule has 12 heteroatoms. The topological polar surface area (TPSA) is 85.2 Å². The van der Waals surface area contributed by atoms with E-state index in [1.807, 2.05) is 13.8 Å². The van der Waals surface area contributed by atoms with Crippen molar-refractivity contribution >= 4 is 49.6 Å². The first-order valence-corrected chi connectivity index (χ1v) is 12.2. The number of sulfone groups is 1. The first-order valence-electron chi connectivity index (χ1n) is 9.86. The molecule has 33 heavy (non-hydrogen) atoms. The fourth-order valence-electron chi connectivity index (χ4n) is 3.25. The number of imidazole rings is 1. The number of fused-ring (bicyclic) bond motifs is 1. The lowest BCUT2D eigenvalue weighted by atomic mass is 10.2. The van der Waals surface area contributed by atoms with E-state index in [1.54, 1.807) is 18.2 Å². The molecule has 0 radical (unpaired) electrons. The Labute approximate surface area is 194 Å². The minimum atomic E-state index is -4.43. The second-order valence-corrected chi connectivity index (χ2v) is 10.1. The van der Waals surface area contributed by atoms with E-state index < -0.39 is 22.6 Å². The molecule has 1 aromatic heterocycles. The number of para-hydroxylation sites is 1. The van der Waals surface area contributed by atoms with Crippen molar-refractivity contribution in [1.29, 1.82) is 0 Å². The van der Waals surface area contributed by atoms with E-state index >= 15 is 0 Å². The zero-order valence-corrected chi connectivity index (χ0v) is 20.0. The summed E-state index contributed by atoms with van der Waals surface area (Å²) in [5.41, 5.74) is 1.25.